The van der Waals surface area contributed by atoms with Crippen LogP contribution in [0.3, 0.4) is 0 Å². The summed E-state index contributed by atoms with van der Waals surface area (Å²) in [7, 11) is 1.34. The van der Waals surface area contributed by atoms with Crippen LogP contribution in [0, 0.1) is 0 Å². The Morgan fingerprint density at radius 3 is 2.87 bits per heavy atom. The minimum absolute atomic E-state index is 0.0431. The molecule has 3 aromatic rings. The Balaban J connectivity index is 1.47. The Labute approximate surface area is 192 Å². The van der Waals surface area contributed by atoms with E-state index in [-0.39, 0.29) is 11.9 Å². The summed E-state index contributed by atoms with van der Waals surface area (Å²) in [5, 5.41) is 5.39. The molecule has 158 valence electrons. The Kier molecular flexibility index (Phi) is 4.90. The maximum atomic E-state index is 13.6. The molecule has 0 atom stereocenters. The number of hydrogen-bond acceptors (Lipinski definition) is 4. The maximum Gasteiger partial charge on any atom is 0.407 e. The Morgan fingerprint density at radius 2 is 2.10 bits per heavy atom. The normalized spacial score (nSPS) is 21.8. The molecule has 1 aromatic heterocycles. The number of carbonyl (C=O) groups excluding carboxylic acids is 2. The van der Waals surface area contributed by atoms with Crippen LogP contribution in [-0.2, 0) is 21.5 Å². The molecule has 5 rings (SSSR count). The van der Waals surface area contributed by atoms with Gasteiger partial charge in [0.25, 0.3) is 0 Å². The zero-order valence-electron chi connectivity index (χ0n) is 16.7. The molecule has 8 heteroatoms. The van der Waals surface area contributed by atoms with Gasteiger partial charge in [0.1, 0.15) is 0 Å². The number of aromatic nitrogens is 1. The van der Waals surface area contributed by atoms with Crippen LogP contribution in [0.4, 0.5) is 10.5 Å². The zero-order chi connectivity index (χ0) is 21.8. The lowest BCUT2D eigenvalue weighted by atomic mass is 9.62. The maximum absolute atomic E-state index is 13.6. The van der Waals surface area contributed by atoms with E-state index in [1.165, 1.54) is 7.11 Å². The van der Waals surface area contributed by atoms with Gasteiger partial charge in [0, 0.05) is 32.8 Å². The van der Waals surface area contributed by atoms with Gasteiger partial charge in [0.05, 0.1) is 24.8 Å². The Morgan fingerprint density at radius 1 is 1.32 bits per heavy atom. The number of hydrogen-bond donors (Lipinski definition) is 1. The van der Waals surface area contributed by atoms with Crippen molar-refractivity contribution in [3.63, 3.8) is 0 Å². The lowest BCUT2D eigenvalue weighted by molar-refractivity contribution is -0.127. The van der Waals surface area contributed by atoms with Gasteiger partial charge in [-0.05, 0) is 57.9 Å². The molecule has 0 unspecified atom stereocenters. The molecule has 6 nitrogen and oxygen atoms in total. The molecular formula is C23H19BrClN3O3. The average Bonchev–Trinajstić information content (AvgIpc) is 2.98. The second-order valence-corrected chi connectivity index (χ2v) is 9.21. The van der Waals surface area contributed by atoms with Gasteiger partial charge in [0.2, 0.25) is 5.91 Å². The predicted molar refractivity (Wildman–Crippen MR) is 122 cm³/mol. The first-order valence-corrected chi connectivity index (χ1v) is 11.1. The fourth-order valence-electron chi connectivity index (χ4n) is 4.72. The molecule has 0 radical (unpaired) electrons. The molecule has 2 aliphatic rings. The first-order valence-electron chi connectivity index (χ1n) is 9.91. The minimum atomic E-state index is -0.612. The molecule has 1 spiro atoms. The molecule has 31 heavy (non-hydrogen) atoms. The van der Waals surface area contributed by atoms with Crippen LogP contribution in [0.5, 0.6) is 0 Å². The molecule has 2 aromatic carbocycles. The number of amides is 2. The van der Waals surface area contributed by atoms with Gasteiger partial charge in [-0.15, -0.1) is 0 Å². The summed E-state index contributed by atoms with van der Waals surface area (Å²) in [5.74, 6) is 0.0431. The average molecular weight is 501 g/mol. The van der Waals surface area contributed by atoms with Gasteiger partial charge >= 0.3 is 6.09 Å². The van der Waals surface area contributed by atoms with Crippen molar-refractivity contribution in [3.05, 3.63) is 69.4 Å². The number of alkyl carbamates (subject to hydrolysis) is 1. The number of halogens is 2. The van der Waals surface area contributed by atoms with Crippen LogP contribution in [0.15, 0.2) is 53.1 Å². The van der Waals surface area contributed by atoms with Crippen LogP contribution in [0.2, 0.25) is 5.02 Å². The first kappa shape index (κ1) is 20.3. The van der Waals surface area contributed by atoms with Crippen LogP contribution in [0.25, 0.3) is 10.8 Å². The van der Waals surface area contributed by atoms with Crippen molar-refractivity contribution in [1.29, 1.82) is 0 Å². The van der Waals surface area contributed by atoms with E-state index in [4.69, 9.17) is 16.3 Å². The van der Waals surface area contributed by atoms with Crippen molar-refractivity contribution in [3.8, 4) is 0 Å². The summed E-state index contributed by atoms with van der Waals surface area (Å²) in [6.45, 7) is 0.353. The second kappa shape index (κ2) is 7.50. The number of methoxy groups -OCH3 is 1. The summed E-state index contributed by atoms with van der Waals surface area (Å²) < 4.78 is 5.55. The van der Waals surface area contributed by atoms with Crippen molar-refractivity contribution in [2.75, 3.05) is 12.0 Å². The number of fused-ring (bicyclic) bond motifs is 3. The fraction of sp³-hybridized carbons (Fsp3) is 0.261. The first-order chi connectivity index (χ1) is 14.9. The quantitative estimate of drug-likeness (QED) is 0.552. The number of benzene rings is 2. The third-order valence-corrected chi connectivity index (χ3v) is 7.35. The SMILES string of the molecule is COC(=O)NC1CC2(C1)C(=O)N(Cc1ncc3cc(Cl)ccc3c1Br)c1ccccc12. The van der Waals surface area contributed by atoms with Crippen LogP contribution < -0.4 is 10.2 Å². The number of pyridine rings is 1. The van der Waals surface area contributed by atoms with Gasteiger partial charge in [-0.2, -0.15) is 0 Å². The summed E-state index contributed by atoms with van der Waals surface area (Å²) in [6, 6.07) is 13.4. The highest BCUT2D eigenvalue weighted by atomic mass is 79.9. The van der Waals surface area contributed by atoms with Crippen LogP contribution in [0.1, 0.15) is 24.1 Å². The highest BCUT2D eigenvalue weighted by molar-refractivity contribution is 9.10. The number of ether oxygens (including phenoxy) is 1. The smallest absolute Gasteiger partial charge is 0.407 e. The van der Waals surface area contributed by atoms with E-state index in [0.29, 0.717) is 24.4 Å². The number of para-hydroxylation sites is 1. The largest absolute Gasteiger partial charge is 0.453 e. The molecule has 0 bridgehead atoms. The third-order valence-electron chi connectivity index (χ3n) is 6.23. The van der Waals surface area contributed by atoms with Gasteiger partial charge in [-0.3, -0.25) is 9.78 Å². The van der Waals surface area contributed by atoms with Gasteiger partial charge < -0.3 is 15.0 Å². The monoisotopic (exact) mass is 499 g/mol. The number of nitrogens with one attached hydrogen (secondary N) is 1. The van der Waals surface area contributed by atoms with Crippen LogP contribution >= 0.6 is 27.5 Å². The number of anilines is 1. The lowest BCUT2D eigenvalue weighted by Crippen LogP contribution is -2.57. The summed E-state index contributed by atoms with van der Waals surface area (Å²) in [4.78, 5) is 31.6. The lowest BCUT2D eigenvalue weighted by Gasteiger charge is -2.43. The van der Waals surface area contributed by atoms with Crippen LogP contribution in [-0.4, -0.2) is 30.1 Å². The standard InChI is InChI=1S/C23H19BrClN3O3/c1-31-22(30)27-15-9-23(10-15)17-4-2-3-5-19(17)28(21(23)29)12-18-20(24)16-7-6-14(25)8-13(16)11-26-18/h2-8,11,15H,9-10,12H2,1H3,(H,27,30). The molecule has 2 amide bonds. The van der Waals surface area contributed by atoms with E-state index in [1.807, 2.05) is 42.5 Å². The van der Waals surface area contributed by atoms with Crippen molar-refractivity contribution in [2.24, 2.45) is 0 Å². The summed E-state index contributed by atoms with van der Waals surface area (Å²) in [5.41, 5.74) is 2.07. The molecule has 1 N–H and O–H groups in total. The van der Waals surface area contributed by atoms with E-state index in [9.17, 15) is 9.59 Å². The van der Waals surface area contributed by atoms with E-state index in [2.05, 4.69) is 26.2 Å². The molecule has 2 heterocycles. The van der Waals surface area contributed by atoms with Gasteiger partial charge in [0.15, 0.2) is 0 Å². The second-order valence-electron chi connectivity index (χ2n) is 7.98. The van der Waals surface area contributed by atoms with Crippen molar-refractivity contribution in [2.45, 2.75) is 30.8 Å². The van der Waals surface area contributed by atoms with Crippen molar-refractivity contribution >= 4 is 56.0 Å². The highest BCUT2D eigenvalue weighted by Gasteiger charge is 2.58. The van der Waals surface area contributed by atoms with E-state index < -0.39 is 11.5 Å². The highest BCUT2D eigenvalue weighted by Crippen LogP contribution is 2.54. The number of rotatable bonds is 3. The summed E-state index contributed by atoms with van der Waals surface area (Å²) >= 11 is 9.77. The number of nitrogens with zero attached hydrogens (tertiary/aromatic N) is 2. The van der Waals surface area contributed by atoms with Crippen molar-refractivity contribution < 1.29 is 14.3 Å². The number of carbonyl (C=O) groups is 2. The fourth-order valence-corrected chi connectivity index (χ4v) is 5.49. The molecule has 1 fully saturated rings. The molecule has 1 saturated carbocycles. The van der Waals surface area contributed by atoms with Crippen molar-refractivity contribution in [1.82, 2.24) is 10.3 Å². The Hall–Kier alpha value is -2.64. The Bertz CT molecular complexity index is 1230. The summed E-state index contributed by atoms with van der Waals surface area (Å²) in [6.07, 6.45) is 2.42. The predicted octanol–water partition coefficient (Wildman–Crippen LogP) is 4.95. The minimum Gasteiger partial charge on any atom is -0.453 e. The third kappa shape index (κ3) is 3.18. The van der Waals surface area contributed by atoms with Gasteiger partial charge in [-0.1, -0.05) is 35.9 Å². The van der Waals surface area contributed by atoms with Gasteiger partial charge in [-0.25, -0.2) is 4.79 Å². The van der Waals surface area contributed by atoms with E-state index in [0.717, 1.165) is 32.2 Å². The van der Waals surface area contributed by atoms with E-state index in [1.54, 1.807) is 11.1 Å². The molecule has 1 aliphatic carbocycles. The topological polar surface area (TPSA) is 71.5 Å². The van der Waals surface area contributed by atoms with E-state index >= 15 is 0 Å². The zero-order valence-corrected chi connectivity index (χ0v) is 19.0. The molecular weight excluding hydrogens is 482 g/mol. The molecule has 1 aliphatic heterocycles. The molecule has 0 saturated heterocycles.